The van der Waals surface area contributed by atoms with E-state index in [0.717, 1.165) is 0 Å². The maximum absolute atomic E-state index is 10.9. The van der Waals surface area contributed by atoms with Gasteiger partial charge in [0, 0.05) is 6.54 Å². The van der Waals surface area contributed by atoms with Crippen LogP contribution in [0.15, 0.2) is 5.70 Å². The molecule has 1 saturated heterocycles. The normalized spacial score (nSPS) is 25.6. The van der Waals surface area contributed by atoms with Gasteiger partial charge in [0.1, 0.15) is 6.10 Å². The second kappa shape index (κ2) is 4.87. The minimum Gasteiger partial charge on any atom is -0.481 e. The zero-order valence-electron chi connectivity index (χ0n) is 10.1. The highest BCUT2D eigenvalue weighted by Crippen LogP contribution is 2.27. The van der Waals surface area contributed by atoms with Gasteiger partial charge in [-0.05, 0) is 27.2 Å². The Hall–Kier alpha value is -1.36. The summed E-state index contributed by atoms with van der Waals surface area (Å²) in [4.78, 5) is 27.1. The number of aliphatic hydroxyl groups excluding tert-OH is 1. The van der Waals surface area contributed by atoms with Gasteiger partial charge in [0.15, 0.2) is 11.6 Å². The van der Waals surface area contributed by atoms with Gasteiger partial charge in [0.25, 0.3) is 0 Å². The second-order valence-electron chi connectivity index (χ2n) is 4.97. The fourth-order valence-corrected chi connectivity index (χ4v) is 1.67. The van der Waals surface area contributed by atoms with Crippen molar-refractivity contribution >= 4 is 11.9 Å². The molecule has 1 aliphatic heterocycles. The molecule has 0 amide bonds. The molecule has 17 heavy (non-hydrogen) atoms. The van der Waals surface area contributed by atoms with Crippen molar-refractivity contribution in [3.05, 3.63) is 5.70 Å². The van der Waals surface area contributed by atoms with Gasteiger partial charge < -0.3 is 10.2 Å². The Bertz CT molecular complexity index is 353. The van der Waals surface area contributed by atoms with Crippen LogP contribution in [0.1, 0.15) is 27.2 Å². The third-order valence-corrected chi connectivity index (χ3v) is 2.38. The molecule has 1 rings (SSSR count). The number of hydrogen-bond acceptors (Lipinski definition) is 5. The minimum absolute atomic E-state index is 0.154. The number of piperidine rings is 1. The molecule has 1 aliphatic rings. The van der Waals surface area contributed by atoms with Gasteiger partial charge >= 0.3 is 5.97 Å². The van der Waals surface area contributed by atoms with Crippen molar-refractivity contribution in [1.29, 1.82) is 0 Å². The first-order chi connectivity index (χ1) is 7.76. The van der Waals surface area contributed by atoms with E-state index in [-0.39, 0.29) is 18.7 Å². The molecule has 0 unspecified atom stereocenters. The van der Waals surface area contributed by atoms with Crippen molar-refractivity contribution in [2.24, 2.45) is 5.92 Å². The molecule has 2 N–H and O–H groups in total. The van der Waals surface area contributed by atoms with Crippen molar-refractivity contribution < 1.29 is 24.6 Å². The van der Waals surface area contributed by atoms with Crippen LogP contribution in [0, 0.1) is 5.92 Å². The van der Waals surface area contributed by atoms with E-state index in [4.69, 9.17) is 9.94 Å². The average Bonchev–Trinajstić information content (AvgIpc) is 2.15. The molecule has 96 valence electrons. The topological polar surface area (TPSA) is 87.1 Å². The predicted octanol–water partition coefficient (Wildman–Crippen LogP) is 0.199. The van der Waals surface area contributed by atoms with Crippen LogP contribution in [0.25, 0.3) is 0 Å². The van der Waals surface area contributed by atoms with Crippen LogP contribution in [0.3, 0.4) is 0 Å². The molecule has 6 nitrogen and oxygen atoms in total. The third kappa shape index (κ3) is 3.30. The first-order valence-corrected chi connectivity index (χ1v) is 5.39. The molecular weight excluding hydrogens is 226 g/mol. The zero-order chi connectivity index (χ0) is 13.2. The summed E-state index contributed by atoms with van der Waals surface area (Å²) < 4.78 is 0. The van der Waals surface area contributed by atoms with E-state index in [1.54, 1.807) is 26.7 Å². The number of aliphatic hydroxyl groups is 1. The van der Waals surface area contributed by atoms with Crippen LogP contribution < -0.4 is 0 Å². The van der Waals surface area contributed by atoms with E-state index in [9.17, 15) is 14.7 Å². The lowest BCUT2D eigenvalue weighted by atomic mass is 9.93. The van der Waals surface area contributed by atoms with E-state index >= 15 is 0 Å². The summed E-state index contributed by atoms with van der Waals surface area (Å²) in [6.45, 7) is 5.64. The molecule has 0 aromatic rings. The van der Waals surface area contributed by atoms with Gasteiger partial charge in [-0.1, -0.05) is 0 Å². The summed E-state index contributed by atoms with van der Waals surface area (Å²) in [7, 11) is 0. The molecule has 1 fully saturated rings. The highest BCUT2D eigenvalue weighted by Gasteiger charge is 2.39. The minimum atomic E-state index is -1.37. The van der Waals surface area contributed by atoms with E-state index in [0.29, 0.717) is 0 Å². The SMILES string of the molecule is CC(C)(C)ON1CC[C@H](C(=O)O)[C@@H](O)C1=C=O. The Morgan fingerprint density at radius 2 is 2.12 bits per heavy atom. The van der Waals surface area contributed by atoms with Crippen LogP contribution in [0.5, 0.6) is 0 Å². The number of carboxylic acids is 1. The summed E-state index contributed by atoms with van der Waals surface area (Å²) in [5.74, 6) is -0.539. The molecule has 0 saturated carbocycles. The van der Waals surface area contributed by atoms with Crippen LogP contribution >= 0.6 is 0 Å². The number of carbonyl (C=O) groups excluding carboxylic acids is 1. The zero-order valence-corrected chi connectivity index (χ0v) is 10.1. The van der Waals surface area contributed by atoms with Crippen LogP contribution in [0.2, 0.25) is 0 Å². The van der Waals surface area contributed by atoms with E-state index in [2.05, 4.69) is 0 Å². The number of rotatable bonds is 2. The lowest BCUT2D eigenvalue weighted by Gasteiger charge is -2.38. The smallest absolute Gasteiger partial charge is 0.309 e. The first-order valence-electron chi connectivity index (χ1n) is 5.39. The first kappa shape index (κ1) is 13.7. The van der Waals surface area contributed by atoms with Gasteiger partial charge in [0.2, 0.25) is 0 Å². The van der Waals surface area contributed by atoms with Crippen LogP contribution in [-0.4, -0.2) is 45.4 Å². The average molecular weight is 243 g/mol. The molecular formula is C11H17NO5. The number of nitrogens with zero attached hydrogens (tertiary/aromatic N) is 1. The van der Waals surface area contributed by atoms with E-state index in [1.807, 2.05) is 0 Å². The Morgan fingerprint density at radius 1 is 1.53 bits per heavy atom. The molecule has 0 aromatic carbocycles. The van der Waals surface area contributed by atoms with Crippen LogP contribution in [-0.2, 0) is 14.4 Å². The number of aliphatic carboxylic acids is 1. The van der Waals surface area contributed by atoms with Crippen molar-refractivity contribution in [3.63, 3.8) is 0 Å². The maximum atomic E-state index is 10.9. The monoisotopic (exact) mass is 243 g/mol. The lowest BCUT2D eigenvalue weighted by molar-refractivity contribution is -0.226. The van der Waals surface area contributed by atoms with Gasteiger partial charge in [-0.25, -0.2) is 9.86 Å². The molecule has 0 bridgehead atoms. The Kier molecular flexibility index (Phi) is 3.93. The predicted molar refractivity (Wildman–Crippen MR) is 58.5 cm³/mol. The Morgan fingerprint density at radius 3 is 2.53 bits per heavy atom. The van der Waals surface area contributed by atoms with Crippen molar-refractivity contribution in [2.75, 3.05) is 6.54 Å². The molecule has 2 atom stereocenters. The number of carboxylic acid groups (broad SMARTS) is 1. The summed E-state index contributed by atoms with van der Waals surface area (Å²) in [5.41, 5.74) is -0.684. The fraction of sp³-hybridized carbons (Fsp3) is 0.727. The summed E-state index contributed by atoms with van der Waals surface area (Å²) in [5, 5.41) is 19.9. The second-order valence-corrected chi connectivity index (χ2v) is 4.97. The van der Waals surface area contributed by atoms with Gasteiger partial charge in [0.05, 0.1) is 11.5 Å². The maximum Gasteiger partial charge on any atom is 0.309 e. The van der Waals surface area contributed by atoms with Crippen LogP contribution in [0.4, 0.5) is 0 Å². The fourth-order valence-electron chi connectivity index (χ4n) is 1.67. The largest absolute Gasteiger partial charge is 0.481 e. The van der Waals surface area contributed by atoms with Gasteiger partial charge in [-0.2, -0.15) is 0 Å². The molecule has 0 spiro atoms. The molecule has 0 aliphatic carbocycles. The molecule has 0 radical (unpaired) electrons. The molecule has 1 heterocycles. The van der Waals surface area contributed by atoms with E-state index < -0.39 is 23.6 Å². The summed E-state index contributed by atoms with van der Waals surface area (Å²) in [6, 6.07) is 0. The Labute approximate surface area is 99.4 Å². The summed E-state index contributed by atoms with van der Waals surface area (Å²) in [6.07, 6.45) is -1.15. The highest BCUT2D eigenvalue weighted by atomic mass is 16.7. The Balaban J connectivity index is 2.87. The number of hydrogen-bond donors (Lipinski definition) is 2. The standard InChI is InChI=1S/C11H17NO5/c1-11(2,3)17-12-5-4-7(10(15)16)9(14)8(12)6-13/h7,9,14H,4-5H2,1-3H3,(H,15,16)/t7-,9+/m0/s1. The molecule has 0 aromatic heterocycles. The summed E-state index contributed by atoms with van der Waals surface area (Å²) >= 11 is 0. The van der Waals surface area contributed by atoms with Crippen molar-refractivity contribution in [2.45, 2.75) is 38.9 Å². The van der Waals surface area contributed by atoms with E-state index in [1.165, 1.54) is 5.06 Å². The van der Waals surface area contributed by atoms with Crippen molar-refractivity contribution in [1.82, 2.24) is 5.06 Å². The van der Waals surface area contributed by atoms with Crippen molar-refractivity contribution in [3.8, 4) is 0 Å². The van der Waals surface area contributed by atoms with Gasteiger partial charge in [-0.3, -0.25) is 9.63 Å². The number of hydroxylamine groups is 2. The molecule has 6 heteroatoms. The number of carbonyl (C=O) groups is 1. The lowest BCUT2D eigenvalue weighted by Crippen LogP contribution is -2.47. The quantitative estimate of drug-likeness (QED) is 0.674. The van der Waals surface area contributed by atoms with Gasteiger partial charge in [-0.15, -0.1) is 0 Å². The third-order valence-electron chi connectivity index (χ3n) is 2.38. The highest BCUT2D eigenvalue weighted by molar-refractivity contribution is 5.72.